The Bertz CT molecular complexity index is 97.7. The van der Waals surface area contributed by atoms with Crippen LogP contribution < -0.4 is 5.73 Å². The smallest absolute Gasteiger partial charge is 0.151 e. The summed E-state index contributed by atoms with van der Waals surface area (Å²) in [5.41, 5.74) is 5.11. The quantitative estimate of drug-likeness (QED) is 0.361. The van der Waals surface area contributed by atoms with Crippen molar-refractivity contribution < 1.29 is 4.74 Å². The fourth-order valence-electron chi connectivity index (χ4n) is 0.487. The van der Waals surface area contributed by atoms with Gasteiger partial charge in [-0.1, -0.05) is 11.8 Å². The molecule has 4 heteroatoms. The molecule has 60 valence electrons. The molecule has 0 heterocycles. The van der Waals surface area contributed by atoms with Crippen molar-refractivity contribution in [1.82, 2.24) is 0 Å². The van der Waals surface area contributed by atoms with E-state index in [1.807, 2.05) is 6.92 Å². The first-order chi connectivity index (χ1) is 4.77. The summed E-state index contributed by atoms with van der Waals surface area (Å²) in [6.07, 6.45) is 0.970. The summed E-state index contributed by atoms with van der Waals surface area (Å²) in [6.45, 7) is 3.51. The second kappa shape index (κ2) is 6.89. The van der Waals surface area contributed by atoms with Crippen molar-refractivity contribution in [1.29, 1.82) is 5.41 Å². The van der Waals surface area contributed by atoms with E-state index in [1.54, 1.807) is 0 Å². The highest BCUT2D eigenvalue weighted by Crippen LogP contribution is 1.99. The Morgan fingerprint density at radius 1 is 1.70 bits per heavy atom. The average Bonchev–Trinajstić information content (AvgIpc) is 1.87. The van der Waals surface area contributed by atoms with Gasteiger partial charge in [0.05, 0.1) is 0 Å². The van der Waals surface area contributed by atoms with Crippen LogP contribution in [-0.2, 0) is 4.74 Å². The molecule has 0 atom stereocenters. The molecule has 0 radical (unpaired) electrons. The van der Waals surface area contributed by atoms with Crippen LogP contribution in [0.5, 0.6) is 0 Å². The fraction of sp³-hybridized carbons (Fsp3) is 0.833. The number of rotatable bonds is 5. The maximum atomic E-state index is 6.87. The van der Waals surface area contributed by atoms with E-state index >= 15 is 0 Å². The molecule has 0 aromatic carbocycles. The number of ether oxygens (including phenoxy) is 1. The molecule has 0 spiro atoms. The molecule has 0 aromatic heterocycles. The first kappa shape index (κ1) is 9.78. The highest BCUT2D eigenvalue weighted by atomic mass is 32.2. The summed E-state index contributed by atoms with van der Waals surface area (Å²) < 4.78 is 5.09. The largest absolute Gasteiger partial charge is 0.382 e. The lowest BCUT2D eigenvalue weighted by molar-refractivity contribution is 0.149. The Morgan fingerprint density at radius 2 is 2.40 bits per heavy atom. The van der Waals surface area contributed by atoms with Gasteiger partial charge in [-0.2, -0.15) is 0 Å². The molecular formula is C6H14N2OS. The summed E-state index contributed by atoms with van der Waals surface area (Å²) in [5, 5.41) is 7.07. The molecule has 0 rings (SSSR count). The molecule has 0 aliphatic rings. The Kier molecular flexibility index (Phi) is 6.74. The van der Waals surface area contributed by atoms with Crippen molar-refractivity contribution in [2.24, 2.45) is 5.73 Å². The van der Waals surface area contributed by atoms with Gasteiger partial charge in [-0.05, 0) is 13.3 Å². The van der Waals surface area contributed by atoms with E-state index < -0.39 is 0 Å². The number of hydrogen-bond donors (Lipinski definition) is 2. The van der Waals surface area contributed by atoms with E-state index in [9.17, 15) is 0 Å². The molecular weight excluding hydrogens is 148 g/mol. The maximum absolute atomic E-state index is 6.87. The van der Waals surface area contributed by atoms with E-state index in [2.05, 4.69) is 0 Å². The topological polar surface area (TPSA) is 59.1 Å². The highest BCUT2D eigenvalue weighted by Gasteiger charge is 1.90. The van der Waals surface area contributed by atoms with E-state index in [0.717, 1.165) is 25.4 Å². The summed E-state index contributed by atoms with van der Waals surface area (Å²) in [6, 6.07) is 0. The van der Waals surface area contributed by atoms with E-state index in [-0.39, 0.29) is 5.17 Å². The third kappa shape index (κ3) is 7.78. The van der Waals surface area contributed by atoms with Crippen molar-refractivity contribution in [3.63, 3.8) is 0 Å². The predicted octanol–water partition coefficient (Wildman–Crippen LogP) is 1.04. The number of nitrogens with two attached hydrogens (primary N) is 1. The standard InChI is InChI=1S/C6H14N2OS/c1-2-9-4-3-5-10-6(7)8/h2-5H2,1H3,(H3,7,8). The van der Waals surface area contributed by atoms with Crippen LogP contribution in [0.3, 0.4) is 0 Å². The molecule has 0 aromatic rings. The van der Waals surface area contributed by atoms with Crippen LogP contribution in [0.25, 0.3) is 0 Å². The molecule has 10 heavy (non-hydrogen) atoms. The summed E-state index contributed by atoms with van der Waals surface area (Å²) >= 11 is 1.36. The lowest BCUT2D eigenvalue weighted by atomic mass is 10.5. The first-order valence-corrected chi connectivity index (χ1v) is 4.30. The van der Waals surface area contributed by atoms with Gasteiger partial charge in [0.25, 0.3) is 0 Å². The van der Waals surface area contributed by atoms with Crippen LogP contribution in [-0.4, -0.2) is 24.1 Å². The molecule has 0 fully saturated rings. The van der Waals surface area contributed by atoms with Crippen LogP contribution >= 0.6 is 11.8 Å². The molecule has 0 saturated carbocycles. The zero-order valence-electron chi connectivity index (χ0n) is 6.22. The third-order valence-corrected chi connectivity index (χ3v) is 1.70. The molecule has 0 saturated heterocycles. The predicted molar refractivity (Wildman–Crippen MR) is 45.5 cm³/mol. The lowest BCUT2D eigenvalue weighted by Crippen LogP contribution is -2.05. The minimum Gasteiger partial charge on any atom is -0.382 e. The minimum atomic E-state index is 0.191. The van der Waals surface area contributed by atoms with Crippen molar-refractivity contribution in [3.8, 4) is 0 Å². The highest BCUT2D eigenvalue weighted by molar-refractivity contribution is 8.13. The van der Waals surface area contributed by atoms with Gasteiger partial charge in [0.15, 0.2) is 5.17 Å². The zero-order valence-corrected chi connectivity index (χ0v) is 7.04. The van der Waals surface area contributed by atoms with Gasteiger partial charge in [-0.3, -0.25) is 5.41 Å². The lowest BCUT2D eigenvalue weighted by Gasteiger charge is -1.99. The van der Waals surface area contributed by atoms with Crippen LogP contribution in [0, 0.1) is 5.41 Å². The summed E-state index contributed by atoms with van der Waals surface area (Å²) in [7, 11) is 0. The molecule has 0 amide bonds. The fourth-order valence-corrected chi connectivity index (χ4v) is 0.970. The Balaban J connectivity index is 2.84. The van der Waals surface area contributed by atoms with Gasteiger partial charge in [0.2, 0.25) is 0 Å². The molecule has 3 nitrogen and oxygen atoms in total. The second-order valence-electron chi connectivity index (χ2n) is 1.76. The van der Waals surface area contributed by atoms with Crippen LogP contribution in [0.15, 0.2) is 0 Å². The van der Waals surface area contributed by atoms with Gasteiger partial charge in [-0.25, -0.2) is 0 Å². The maximum Gasteiger partial charge on any atom is 0.151 e. The SMILES string of the molecule is CCOCCCSC(=N)N. The number of amidine groups is 1. The van der Waals surface area contributed by atoms with Crippen molar-refractivity contribution in [2.45, 2.75) is 13.3 Å². The summed E-state index contributed by atoms with van der Waals surface area (Å²) in [4.78, 5) is 0. The van der Waals surface area contributed by atoms with Gasteiger partial charge in [-0.15, -0.1) is 0 Å². The number of hydrogen-bond acceptors (Lipinski definition) is 3. The number of nitrogens with one attached hydrogen (secondary N) is 1. The van der Waals surface area contributed by atoms with Crippen molar-refractivity contribution >= 4 is 16.9 Å². The first-order valence-electron chi connectivity index (χ1n) is 3.32. The van der Waals surface area contributed by atoms with E-state index in [4.69, 9.17) is 15.9 Å². The third-order valence-electron chi connectivity index (χ3n) is 0.895. The molecule has 0 unspecified atom stereocenters. The van der Waals surface area contributed by atoms with Crippen LogP contribution in [0.4, 0.5) is 0 Å². The van der Waals surface area contributed by atoms with Crippen LogP contribution in [0.1, 0.15) is 13.3 Å². The Hall–Kier alpha value is -0.220. The molecule has 0 bridgehead atoms. The van der Waals surface area contributed by atoms with Crippen LogP contribution in [0.2, 0.25) is 0 Å². The number of thioether (sulfide) groups is 1. The second-order valence-corrected chi connectivity index (χ2v) is 2.90. The molecule has 3 N–H and O–H groups in total. The van der Waals surface area contributed by atoms with Gasteiger partial charge in [0.1, 0.15) is 0 Å². The Labute approximate surface area is 65.8 Å². The molecule has 0 aliphatic heterocycles. The van der Waals surface area contributed by atoms with Crippen molar-refractivity contribution in [3.05, 3.63) is 0 Å². The van der Waals surface area contributed by atoms with E-state index in [0.29, 0.717) is 0 Å². The normalized spacial score (nSPS) is 9.70. The summed E-state index contributed by atoms with van der Waals surface area (Å²) in [5.74, 6) is 0.884. The molecule has 0 aliphatic carbocycles. The Morgan fingerprint density at radius 3 is 2.90 bits per heavy atom. The minimum absolute atomic E-state index is 0.191. The zero-order chi connectivity index (χ0) is 7.82. The average molecular weight is 162 g/mol. The van der Waals surface area contributed by atoms with Crippen molar-refractivity contribution in [2.75, 3.05) is 19.0 Å². The van der Waals surface area contributed by atoms with Gasteiger partial charge < -0.3 is 10.5 Å². The van der Waals surface area contributed by atoms with Gasteiger partial charge in [0, 0.05) is 19.0 Å². The van der Waals surface area contributed by atoms with Gasteiger partial charge >= 0.3 is 0 Å². The van der Waals surface area contributed by atoms with E-state index in [1.165, 1.54) is 11.8 Å². The monoisotopic (exact) mass is 162 g/mol.